The summed E-state index contributed by atoms with van der Waals surface area (Å²) in [5.74, 6) is 0.330. The normalized spacial score (nSPS) is 16.8. The number of likely N-dealkylation sites (N-methyl/N-ethyl adjacent to an activating group) is 1. The highest BCUT2D eigenvalue weighted by Crippen LogP contribution is 2.31. The minimum absolute atomic E-state index is 0.0000814. The number of oxazole rings is 1. The van der Waals surface area contributed by atoms with Crippen LogP contribution in [0.5, 0.6) is 5.75 Å². The van der Waals surface area contributed by atoms with Gasteiger partial charge in [0.25, 0.3) is 0 Å². The molecule has 0 atom stereocenters. The van der Waals surface area contributed by atoms with E-state index in [9.17, 15) is 9.59 Å². The second-order valence-corrected chi connectivity index (χ2v) is 7.92. The zero-order chi connectivity index (χ0) is 21.4. The Kier molecular flexibility index (Phi) is 5.13. The van der Waals surface area contributed by atoms with Crippen molar-refractivity contribution in [1.82, 2.24) is 14.8 Å². The van der Waals surface area contributed by atoms with Crippen molar-refractivity contribution in [1.29, 1.82) is 0 Å². The van der Waals surface area contributed by atoms with Gasteiger partial charge in [0.2, 0.25) is 23.2 Å². The maximum absolute atomic E-state index is 12.8. The maximum Gasteiger partial charge on any atom is 0.231 e. The number of benzene rings is 2. The molecule has 158 valence electrons. The molecule has 0 radical (unpaired) electrons. The zero-order valence-corrected chi connectivity index (χ0v) is 17.3. The van der Waals surface area contributed by atoms with Gasteiger partial charge in [0.05, 0.1) is 0 Å². The first-order chi connectivity index (χ1) is 15.1. The van der Waals surface area contributed by atoms with Crippen molar-refractivity contribution in [2.45, 2.75) is 0 Å². The van der Waals surface area contributed by atoms with Crippen LogP contribution >= 0.6 is 0 Å². The Bertz CT molecular complexity index is 1090. The van der Waals surface area contributed by atoms with E-state index in [4.69, 9.17) is 9.15 Å². The fourth-order valence-electron chi connectivity index (χ4n) is 3.96. The van der Waals surface area contributed by atoms with E-state index in [0.29, 0.717) is 29.0 Å². The summed E-state index contributed by atoms with van der Waals surface area (Å²) in [6.07, 6.45) is 0. The number of hydrogen-bond donors (Lipinski definition) is 0. The first-order valence-corrected chi connectivity index (χ1v) is 10.4. The Hall–Kier alpha value is -3.29. The van der Waals surface area contributed by atoms with E-state index >= 15 is 0 Å². The minimum atomic E-state index is -0.316. The smallest absolute Gasteiger partial charge is 0.231 e. The van der Waals surface area contributed by atoms with E-state index in [0.717, 1.165) is 32.7 Å². The maximum atomic E-state index is 12.8. The average molecular weight is 417 g/mol. The Morgan fingerprint density at radius 1 is 0.968 bits per heavy atom. The van der Waals surface area contributed by atoms with E-state index < -0.39 is 0 Å². The lowest BCUT2D eigenvalue weighted by Crippen LogP contribution is -2.45. The molecule has 2 heterocycles. The molecule has 7 heteroatoms. The molecule has 0 saturated carbocycles. The van der Waals surface area contributed by atoms with E-state index in [2.05, 4.69) is 21.8 Å². The van der Waals surface area contributed by atoms with Gasteiger partial charge in [0, 0.05) is 49.4 Å². The largest absolute Gasteiger partial charge is 0.492 e. The first-order valence-electron chi connectivity index (χ1n) is 10.4. The first kappa shape index (κ1) is 19.7. The molecule has 1 saturated heterocycles. The van der Waals surface area contributed by atoms with Crippen LogP contribution in [0.1, 0.15) is 32.2 Å². The van der Waals surface area contributed by atoms with Crippen LogP contribution in [-0.4, -0.2) is 72.7 Å². The third-order valence-electron chi connectivity index (χ3n) is 5.82. The van der Waals surface area contributed by atoms with Gasteiger partial charge in [-0.25, -0.2) is 4.98 Å². The van der Waals surface area contributed by atoms with Gasteiger partial charge in [-0.15, -0.1) is 0 Å². The Balaban J connectivity index is 1.32. The van der Waals surface area contributed by atoms with Gasteiger partial charge in [-0.05, 0) is 25.2 Å². The van der Waals surface area contributed by atoms with E-state index in [1.54, 1.807) is 24.3 Å². The highest BCUT2D eigenvalue weighted by molar-refractivity contribution is 6.26. The molecular formula is C24H23N3O4. The lowest BCUT2D eigenvalue weighted by atomic mass is 9.91. The second kappa shape index (κ2) is 8.09. The molecule has 0 amide bonds. The van der Waals surface area contributed by atoms with Crippen molar-refractivity contribution in [2.24, 2.45) is 0 Å². The number of hydrogen-bond acceptors (Lipinski definition) is 7. The number of aromatic nitrogens is 1. The SMILES string of the molecule is CN1CCN(CCOc2cccc(-c3nc4c(o3)C(=O)c3ccccc3C4=O)c2)CC1. The molecule has 0 N–H and O–H groups in total. The quantitative estimate of drug-likeness (QED) is 0.494. The van der Waals surface area contributed by atoms with Crippen LogP contribution in [0.4, 0.5) is 0 Å². The van der Waals surface area contributed by atoms with Crippen molar-refractivity contribution in [2.75, 3.05) is 46.4 Å². The summed E-state index contributed by atoms with van der Waals surface area (Å²) in [5, 5.41) is 0. The van der Waals surface area contributed by atoms with Crippen molar-refractivity contribution in [3.63, 3.8) is 0 Å². The molecule has 1 fully saturated rings. The van der Waals surface area contributed by atoms with E-state index in [-0.39, 0.29) is 28.9 Å². The van der Waals surface area contributed by atoms with Crippen LogP contribution in [0.25, 0.3) is 11.5 Å². The number of ether oxygens (including phenoxy) is 1. The molecule has 1 aliphatic heterocycles. The van der Waals surface area contributed by atoms with Crippen LogP contribution in [0.2, 0.25) is 0 Å². The van der Waals surface area contributed by atoms with E-state index in [1.807, 2.05) is 24.3 Å². The highest BCUT2D eigenvalue weighted by Gasteiger charge is 2.35. The van der Waals surface area contributed by atoms with Gasteiger partial charge in [0.15, 0.2) is 5.69 Å². The van der Waals surface area contributed by atoms with E-state index in [1.165, 1.54) is 0 Å². The third-order valence-corrected chi connectivity index (χ3v) is 5.82. The summed E-state index contributed by atoms with van der Waals surface area (Å²) in [5.41, 5.74) is 1.45. The van der Waals surface area contributed by atoms with Crippen LogP contribution in [-0.2, 0) is 0 Å². The summed E-state index contributed by atoms with van der Waals surface area (Å²) in [6, 6.07) is 14.1. The van der Waals surface area contributed by atoms with Gasteiger partial charge in [-0.3, -0.25) is 14.5 Å². The molecule has 1 aliphatic carbocycles. The third kappa shape index (κ3) is 3.78. The summed E-state index contributed by atoms with van der Waals surface area (Å²) in [6.45, 7) is 5.70. The minimum Gasteiger partial charge on any atom is -0.492 e. The number of ketones is 2. The summed E-state index contributed by atoms with van der Waals surface area (Å²) < 4.78 is 11.7. The number of carbonyl (C=O) groups is 2. The van der Waals surface area contributed by atoms with Crippen molar-refractivity contribution < 1.29 is 18.7 Å². The predicted octanol–water partition coefficient (Wildman–Crippen LogP) is 2.74. The molecular weight excluding hydrogens is 394 g/mol. The van der Waals surface area contributed by atoms with Crippen LogP contribution in [0.15, 0.2) is 52.9 Å². The molecule has 3 aromatic rings. The molecule has 1 aromatic heterocycles. The number of carbonyl (C=O) groups excluding carboxylic acids is 2. The van der Waals surface area contributed by atoms with Gasteiger partial charge < -0.3 is 14.1 Å². The van der Waals surface area contributed by atoms with Crippen LogP contribution < -0.4 is 4.74 Å². The number of piperazine rings is 1. The predicted molar refractivity (Wildman–Crippen MR) is 115 cm³/mol. The average Bonchev–Trinajstić information content (AvgIpc) is 3.25. The van der Waals surface area contributed by atoms with Crippen LogP contribution in [0, 0.1) is 0 Å². The Morgan fingerprint density at radius 3 is 2.48 bits per heavy atom. The Morgan fingerprint density at radius 2 is 1.71 bits per heavy atom. The van der Waals surface area contributed by atoms with Crippen molar-refractivity contribution in [3.05, 3.63) is 71.1 Å². The van der Waals surface area contributed by atoms with Gasteiger partial charge in [-0.2, -0.15) is 0 Å². The molecule has 2 aromatic carbocycles. The van der Waals surface area contributed by atoms with Crippen molar-refractivity contribution in [3.8, 4) is 17.2 Å². The number of rotatable bonds is 5. The summed E-state index contributed by atoms with van der Waals surface area (Å²) in [7, 11) is 2.14. The molecule has 2 aliphatic rings. The second-order valence-electron chi connectivity index (χ2n) is 7.92. The molecule has 0 bridgehead atoms. The van der Waals surface area contributed by atoms with Gasteiger partial charge in [0.1, 0.15) is 12.4 Å². The lowest BCUT2D eigenvalue weighted by Gasteiger charge is -2.32. The molecule has 31 heavy (non-hydrogen) atoms. The summed E-state index contributed by atoms with van der Waals surface area (Å²) in [4.78, 5) is 34.6. The lowest BCUT2D eigenvalue weighted by molar-refractivity contribution is 0.0959. The molecule has 7 nitrogen and oxygen atoms in total. The Labute approximate surface area is 180 Å². The standard InChI is InChI=1S/C24H23N3O4/c1-26-9-11-27(12-10-26)13-14-30-17-6-4-5-16(15-17)24-25-20-21(28)18-7-2-3-8-19(18)22(29)23(20)31-24/h2-8,15H,9-14H2,1H3. The number of nitrogens with zero attached hydrogens (tertiary/aromatic N) is 3. The molecule has 5 rings (SSSR count). The molecule has 0 spiro atoms. The van der Waals surface area contributed by atoms with Gasteiger partial charge in [-0.1, -0.05) is 30.3 Å². The fraction of sp³-hybridized carbons (Fsp3) is 0.292. The highest BCUT2D eigenvalue weighted by atomic mass is 16.5. The zero-order valence-electron chi connectivity index (χ0n) is 17.3. The number of fused-ring (bicyclic) bond motifs is 2. The fourth-order valence-corrected chi connectivity index (χ4v) is 3.96. The van der Waals surface area contributed by atoms with Gasteiger partial charge >= 0.3 is 0 Å². The topological polar surface area (TPSA) is 75.9 Å². The van der Waals surface area contributed by atoms with Crippen molar-refractivity contribution >= 4 is 11.6 Å². The monoisotopic (exact) mass is 417 g/mol. The summed E-state index contributed by atoms with van der Waals surface area (Å²) >= 11 is 0. The van der Waals surface area contributed by atoms with Crippen LogP contribution in [0.3, 0.4) is 0 Å². The molecule has 0 unspecified atom stereocenters.